The second kappa shape index (κ2) is 8.34. The van der Waals surface area contributed by atoms with Crippen LogP contribution in [0.4, 0.5) is 0 Å². The molecule has 5 heteroatoms. The van der Waals surface area contributed by atoms with E-state index in [0.717, 1.165) is 37.0 Å². The third-order valence-electron chi connectivity index (χ3n) is 3.98. The highest BCUT2D eigenvalue weighted by atomic mass is 16.5. The number of ether oxygens (including phenoxy) is 3. The van der Waals surface area contributed by atoms with Gasteiger partial charge < -0.3 is 19.1 Å². The van der Waals surface area contributed by atoms with Crippen molar-refractivity contribution >= 4 is 5.91 Å². The normalized spacial score (nSPS) is 21.1. The molecule has 5 nitrogen and oxygen atoms in total. The molecule has 1 atom stereocenters. The van der Waals surface area contributed by atoms with Gasteiger partial charge in [-0.3, -0.25) is 4.79 Å². The molecular formula is C17H27NO4. The van der Waals surface area contributed by atoms with Crippen molar-refractivity contribution in [3.05, 3.63) is 23.5 Å². The van der Waals surface area contributed by atoms with Gasteiger partial charge in [-0.05, 0) is 30.9 Å². The molecule has 0 aromatic rings. The Hall–Kier alpha value is -1.33. The first-order valence-electron chi connectivity index (χ1n) is 7.97. The Kier molecular flexibility index (Phi) is 6.46. The van der Waals surface area contributed by atoms with Crippen LogP contribution in [0.3, 0.4) is 0 Å². The molecule has 0 aromatic carbocycles. The Labute approximate surface area is 132 Å². The van der Waals surface area contributed by atoms with Crippen LogP contribution in [0.25, 0.3) is 0 Å². The van der Waals surface area contributed by atoms with Crippen LogP contribution in [0, 0.1) is 0 Å². The van der Waals surface area contributed by atoms with E-state index < -0.39 is 0 Å². The minimum absolute atomic E-state index is 0.0137. The molecule has 2 aliphatic rings. The average molecular weight is 309 g/mol. The minimum Gasteiger partial charge on any atom is -0.501 e. The highest BCUT2D eigenvalue weighted by molar-refractivity contribution is 5.74. The zero-order valence-corrected chi connectivity index (χ0v) is 13.8. The Morgan fingerprint density at radius 1 is 1.32 bits per heavy atom. The molecule has 0 N–H and O–H groups in total. The van der Waals surface area contributed by atoms with Crippen molar-refractivity contribution in [2.75, 3.05) is 34.0 Å². The van der Waals surface area contributed by atoms with E-state index in [4.69, 9.17) is 14.2 Å². The number of rotatable bonds is 9. The third kappa shape index (κ3) is 5.14. The number of carbonyl (C=O) groups is 1. The number of hydrogen-bond donors (Lipinski definition) is 0. The fourth-order valence-electron chi connectivity index (χ4n) is 2.68. The summed E-state index contributed by atoms with van der Waals surface area (Å²) in [4.78, 5) is 13.7. The summed E-state index contributed by atoms with van der Waals surface area (Å²) in [6, 6.07) is 0.417. The summed E-state index contributed by atoms with van der Waals surface area (Å²) in [5.74, 6) is 1.05. The van der Waals surface area contributed by atoms with Crippen molar-refractivity contribution in [1.82, 2.24) is 4.90 Å². The number of nitrogens with zero attached hydrogens (tertiary/aromatic N) is 1. The fraction of sp³-hybridized carbons (Fsp3) is 0.706. The second-order valence-electron chi connectivity index (χ2n) is 5.89. The van der Waals surface area contributed by atoms with Gasteiger partial charge in [0.15, 0.2) is 0 Å². The maximum Gasteiger partial charge on any atom is 0.219 e. The first kappa shape index (κ1) is 17.0. The van der Waals surface area contributed by atoms with E-state index in [-0.39, 0.29) is 12.0 Å². The number of amides is 1. The molecule has 1 amide bonds. The summed E-state index contributed by atoms with van der Waals surface area (Å²) in [6.07, 6.45) is 8.02. The lowest BCUT2D eigenvalue weighted by Crippen LogP contribution is -2.33. The number of hydrogen-bond acceptors (Lipinski definition) is 4. The smallest absolute Gasteiger partial charge is 0.219 e. The van der Waals surface area contributed by atoms with Crippen LogP contribution in [0.2, 0.25) is 0 Å². The van der Waals surface area contributed by atoms with Gasteiger partial charge in [0.1, 0.15) is 0 Å². The van der Waals surface area contributed by atoms with Crippen molar-refractivity contribution in [3.8, 4) is 0 Å². The van der Waals surface area contributed by atoms with E-state index in [0.29, 0.717) is 25.8 Å². The lowest BCUT2D eigenvalue weighted by Gasteiger charge is -2.26. The van der Waals surface area contributed by atoms with Gasteiger partial charge in [-0.15, -0.1) is 0 Å². The van der Waals surface area contributed by atoms with Gasteiger partial charge in [0.25, 0.3) is 0 Å². The maximum absolute atomic E-state index is 11.8. The van der Waals surface area contributed by atoms with Gasteiger partial charge in [0, 0.05) is 46.3 Å². The standard InChI is InChI=1S/C17H27NO4/c1-13(19)18(15-5-6-15)12-14-9-16(21-3)11-17(10-14)22-8-4-7-20-2/h9-10,15,17H,4-8,11-12H2,1-3H3. The summed E-state index contributed by atoms with van der Waals surface area (Å²) in [5.41, 5.74) is 1.10. The van der Waals surface area contributed by atoms with Crippen LogP contribution in [-0.2, 0) is 19.0 Å². The molecule has 22 heavy (non-hydrogen) atoms. The highest BCUT2D eigenvalue weighted by Gasteiger charge is 2.31. The Balaban J connectivity index is 1.94. The van der Waals surface area contributed by atoms with Gasteiger partial charge in [-0.2, -0.15) is 0 Å². The monoisotopic (exact) mass is 309 g/mol. The molecule has 1 fully saturated rings. The zero-order chi connectivity index (χ0) is 15.9. The van der Waals surface area contributed by atoms with E-state index in [2.05, 4.69) is 6.08 Å². The lowest BCUT2D eigenvalue weighted by atomic mass is 10.0. The van der Waals surface area contributed by atoms with Gasteiger partial charge in [-0.1, -0.05) is 6.08 Å². The van der Waals surface area contributed by atoms with Crippen LogP contribution >= 0.6 is 0 Å². The Bertz CT molecular complexity index is 440. The third-order valence-corrected chi connectivity index (χ3v) is 3.98. The predicted molar refractivity (Wildman–Crippen MR) is 84.4 cm³/mol. The second-order valence-corrected chi connectivity index (χ2v) is 5.89. The van der Waals surface area contributed by atoms with Crippen LogP contribution in [0.15, 0.2) is 23.5 Å². The SMILES string of the molecule is COCCCOC1C=C(CN(C(C)=O)C2CC2)C=C(OC)C1. The van der Waals surface area contributed by atoms with Crippen molar-refractivity contribution < 1.29 is 19.0 Å². The topological polar surface area (TPSA) is 48.0 Å². The average Bonchev–Trinajstić information content (AvgIpc) is 3.33. The molecule has 0 spiro atoms. The van der Waals surface area contributed by atoms with Crippen LogP contribution < -0.4 is 0 Å². The van der Waals surface area contributed by atoms with E-state index in [1.807, 2.05) is 11.0 Å². The summed E-state index contributed by atoms with van der Waals surface area (Å²) in [5, 5.41) is 0. The molecule has 0 saturated heterocycles. The van der Waals surface area contributed by atoms with E-state index in [9.17, 15) is 4.79 Å². The van der Waals surface area contributed by atoms with Gasteiger partial charge in [0.05, 0.1) is 19.0 Å². The number of carbonyl (C=O) groups excluding carboxylic acids is 1. The first-order valence-corrected chi connectivity index (χ1v) is 7.97. The van der Waals surface area contributed by atoms with Crippen molar-refractivity contribution in [2.24, 2.45) is 0 Å². The zero-order valence-electron chi connectivity index (χ0n) is 13.8. The number of methoxy groups -OCH3 is 2. The molecular weight excluding hydrogens is 282 g/mol. The maximum atomic E-state index is 11.8. The molecule has 0 bridgehead atoms. The van der Waals surface area contributed by atoms with Gasteiger partial charge >= 0.3 is 0 Å². The predicted octanol–water partition coefficient (Wildman–Crippen LogP) is 2.28. The fourth-order valence-corrected chi connectivity index (χ4v) is 2.68. The van der Waals surface area contributed by atoms with E-state index >= 15 is 0 Å². The molecule has 1 unspecified atom stereocenters. The molecule has 124 valence electrons. The quantitative estimate of drug-likeness (QED) is 0.613. The highest BCUT2D eigenvalue weighted by Crippen LogP contribution is 2.29. The van der Waals surface area contributed by atoms with Gasteiger partial charge in [0.2, 0.25) is 5.91 Å². The summed E-state index contributed by atoms with van der Waals surface area (Å²) < 4.78 is 16.3. The van der Waals surface area contributed by atoms with Crippen molar-refractivity contribution in [2.45, 2.75) is 44.8 Å². The Morgan fingerprint density at radius 3 is 2.68 bits per heavy atom. The van der Waals surface area contributed by atoms with E-state index in [1.165, 1.54) is 0 Å². The lowest BCUT2D eigenvalue weighted by molar-refractivity contribution is -0.128. The molecule has 2 rings (SSSR count). The largest absolute Gasteiger partial charge is 0.501 e. The molecule has 0 aromatic heterocycles. The van der Waals surface area contributed by atoms with Crippen LogP contribution in [0.5, 0.6) is 0 Å². The molecule has 0 heterocycles. The molecule has 1 saturated carbocycles. The summed E-state index contributed by atoms with van der Waals surface area (Å²) >= 11 is 0. The van der Waals surface area contributed by atoms with Crippen molar-refractivity contribution in [1.29, 1.82) is 0 Å². The summed E-state index contributed by atoms with van der Waals surface area (Å²) in [7, 11) is 3.37. The molecule has 2 aliphatic carbocycles. The van der Waals surface area contributed by atoms with E-state index in [1.54, 1.807) is 21.1 Å². The Morgan fingerprint density at radius 2 is 2.09 bits per heavy atom. The van der Waals surface area contributed by atoms with Crippen LogP contribution in [-0.4, -0.2) is 56.9 Å². The molecule has 0 aliphatic heterocycles. The summed E-state index contributed by atoms with van der Waals surface area (Å²) in [6.45, 7) is 3.65. The van der Waals surface area contributed by atoms with Crippen molar-refractivity contribution in [3.63, 3.8) is 0 Å². The first-order chi connectivity index (χ1) is 10.6. The van der Waals surface area contributed by atoms with Crippen LogP contribution in [0.1, 0.15) is 32.6 Å². The molecule has 0 radical (unpaired) electrons. The minimum atomic E-state index is 0.0137. The van der Waals surface area contributed by atoms with Gasteiger partial charge in [-0.25, -0.2) is 0 Å².